The first-order valence-corrected chi connectivity index (χ1v) is 5.30. The molecule has 0 bridgehead atoms. The number of rotatable bonds is 2. The van der Waals surface area contributed by atoms with Gasteiger partial charge in [0, 0.05) is 11.6 Å². The fourth-order valence-electron chi connectivity index (χ4n) is 1.70. The highest BCUT2D eigenvalue weighted by Gasteiger charge is 2.34. The fraction of sp³-hybridized carbons (Fsp3) is 0.154. The lowest BCUT2D eigenvalue weighted by Crippen LogP contribution is -2.07. The van der Waals surface area contributed by atoms with Crippen molar-refractivity contribution in [1.29, 1.82) is 0 Å². The second kappa shape index (κ2) is 4.87. The molecule has 0 unspecified atom stereocenters. The van der Waals surface area contributed by atoms with Gasteiger partial charge in [-0.3, -0.25) is 0 Å². The summed E-state index contributed by atoms with van der Waals surface area (Å²) in [6, 6.07) is 7.29. The van der Waals surface area contributed by atoms with E-state index in [1.54, 1.807) is 0 Å². The minimum Gasteiger partial charge on any atom is -0.481 e. The summed E-state index contributed by atoms with van der Waals surface area (Å²) in [6.07, 6.45) is -4.55. The minimum absolute atomic E-state index is 0.00531. The van der Waals surface area contributed by atoms with Crippen LogP contribution in [0.2, 0.25) is 0 Å². The first kappa shape index (κ1) is 13.3. The number of hydrogen-bond donors (Lipinski definition) is 0. The molecule has 0 fully saturated rings. The second-order valence-corrected chi connectivity index (χ2v) is 3.74. The molecule has 0 aliphatic heterocycles. The van der Waals surface area contributed by atoms with Crippen molar-refractivity contribution < 1.29 is 22.3 Å². The van der Waals surface area contributed by atoms with Gasteiger partial charge < -0.3 is 4.74 Å². The largest absolute Gasteiger partial charge is 0.481 e. The van der Waals surface area contributed by atoms with Gasteiger partial charge in [0.1, 0.15) is 0 Å². The molecule has 0 saturated heterocycles. The Morgan fingerprint density at radius 3 is 2.26 bits per heavy atom. The van der Waals surface area contributed by atoms with E-state index in [1.165, 1.54) is 37.4 Å². The van der Waals surface area contributed by atoms with Gasteiger partial charge in [-0.15, -0.1) is 0 Å². The van der Waals surface area contributed by atoms with E-state index < -0.39 is 17.7 Å². The van der Waals surface area contributed by atoms with Gasteiger partial charge >= 0.3 is 6.18 Å². The second-order valence-electron chi connectivity index (χ2n) is 3.74. The van der Waals surface area contributed by atoms with Crippen LogP contribution in [0.1, 0.15) is 5.56 Å². The molecule has 6 heteroatoms. The predicted molar refractivity (Wildman–Crippen MR) is 61.2 cm³/mol. The summed E-state index contributed by atoms with van der Waals surface area (Å²) in [7, 11) is 1.30. The van der Waals surface area contributed by atoms with Gasteiger partial charge in [0.05, 0.1) is 12.7 Å². The van der Waals surface area contributed by atoms with Crippen LogP contribution < -0.4 is 4.74 Å². The van der Waals surface area contributed by atoms with Crippen molar-refractivity contribution in [2.24, 2.45) is 0 Å². The van der Waals surface area contributed by atoms with Crippen molar-refractivity contribution in [1.82, 2.24) is 4.98 Å². The maximum atomic E-state index is 13.7. The van der Waals surface area contributed by atoms with Crippen LogP contribution >= 0.6 is 0 Å². The van der Waals surface area contributed by atoms with Gasteiger partial charge in [0.2, 0.25) is 11.8 Å². The molecule has 0 aliphatic carbocycles. The molecule has 100 valence electrons. The van der Waals surface area contributed by atoms with Crippen molar-refractivity contribution in [3.8, 4) is 17.0 Å². The van der Waals surface area contributed by atoms with Crippen molar-refractivity contribution in [2.75, 3.05) is 7.11 Å². The van der Waals surface area contributed by atoms with Gasteiger partial charge in [-0.25, -0.2) is 0 Å². The first-order valence-electron chi connectivity index (χ1n) is 5.30. The number of alkyl halides is 3. The third-order valence-electron chi connectivity index (χ3n) is 2.55. The van der Waals surface area contributed by atoms with Gasteiger partial charge in [-0.05, 0) is 17.7 Å². The van der Waals surface area contributed by atoms with Crippen molar-refractivity contribution in [3.63, 3.8) is 0 Å². The van der Waals surface area contributed by atoms with E-state index in [4.69, 9.17) is 4.74 Å². The summed E-state index contributed by atoms with van der Waals surface area (Å²) >= 11 is 0. The van der Waals surface area contributed by atoms with Crippen molar-refractivity contribution in [2.45, 2.75) is 6.18 Å². The number of benzene rings is 1. The van der Waals surface area contributed by atoms with Crippen LogP contribution in [-0.4, -0.2) is 12.1 Å². The van der Waals surface area contributed by atoms with E-state index in [-0.39, 0.29) is 17.0 Å². The Morgan fingerprint density at radius 2 is 1.68 bits per heavy atom. The van der Waals surface area contributed by atoms with Crippen LogP contribution in [0.25, 0.3) is 11.1 Å². The molecule has 0 spiro atoms. The van der Waals surface area contributed by atoms with Crippen molar-refractivity contribution >= 4 is 0 Å². The summed E-state index contributed by atoms with van der Waals surface area (Å²) in [5.74, 6) is -0.998. The predicted octanol–water partition coefficient (Wildman–Crippen LogP) is 3.92. The molecule has 0 amide bonds. The molecule has 0 atom stereocenters. The topological polar surface area (TPSA) is 22.1 Å². The van der Waals surface area contributed by atoms with E-state index in [0.29, 0.717) is 0 Å². The molecule has 0 aliphatic rings. The summed E-state index contributed by atoms with van der Waals surface area (Å²) in [5.41, 5.74) is -1.36. The average molecular weight is 271 g/mol. The Labute approximate surface area is 106 Å². The zero-order valence-electron chi connectivity index (χ0n) is 9.83. The standard InChI is InChI=1S/C13H9F4NO/c1-19-11-7-6-9(12(14)18-11)8-4-2-3-5-10(8)13(15,16)17/h2-7H,1H3. The molecular formula is C13H9F4NO. The molecule has 0 radical (unpaired) electrons. The maximum Gasteiger partial charge on any atom is 0.417 e. The summed E-state index contributed by atoms with van der Waals surface area (Å²) in [6.45, 7) is 0. The Hall–Kier alpha value is -2.11. The zero-order chi connectivity index (χ0) is 14.0. The molecule has 1 aromatic carbocycles. The Morgan fingerprint density at radius 1 is 1.00 bits per heavy atom. The smallest absolute Gasteiger partial charge is 0.417 e. The number of hydrogen-bond acceptors (Lipinski definition) is 2. The van der Waals surface area contributed by atoms with Gasteiger partial charge in [-0.2, -0.15) is 22.5 Å². The van der Waals surface area contributed by atoms with Crippen LogP contribution in [0.5, 0.6) is 5.88 Å². The fourth-order valence-corrected chi connectivity index (χ4v) is 1.70. The van der Waals surface area contributed by atoms with E-state index in [2.05, 4.69) is 4.98 Å². The molecule has 2 aromatic rings. The molecule has 0 N–H and O–H groups in total. The molecule has 2 nitrogen and oxygen atoms in total. The maximum absolute atomic E-state index is 13.7. The third-order valence-corrected chi connectivity index (χ3v) is 2.55. The Kier molecular flexibility index (Phi) is 3.42. The lowest BCUT2D eigenvalue weighted by atomic mass is 10.0. The monoisotopic (exact) mass is 271 g/mol. The Balaban J connectivity index is 2.60. The Bertz CT molecular complexity index is 595. The van der Waals surface area contributed by atoms with E-state index >= 15 is 0 Å². The number of ether oxygens (including phenoxy) is 1. The number of nitrogens with zero attached hydrogens (tertiary/aromatic N) is 1. The lowest BCUT2D eigenvalue weighted by Gasteiger charge is -2.13. The summed E-state index contributed by atoms with van der Waals surface area (Å²) in [5, 5.41) is 0. The van der Waals surface area contributed by atoms with E-state index in [0.717, 1.165) is 6.07 Å². The molecule has 1 heterocycles. The highest BCUT2D eigenvalue weighted by atomic mass is 19.4. The van der Waals surface area contributed by atoms with Crippen LogP contribution in [-0.2, 0) is 6.18 Å². The summed E-state index contributed by atoms with van der Waals surface area (Å²) < 4.78 is 57.0. The third kappa shape index (κ3) is 2.67. The quantitative estimate of drug-likeness (QED) is 0.610. The molecule has 2 rings (SSSR count). The molecular weight excluding hydrogens is 262 g/mol. The van der Waals surface area contributed by atoms with E-state index in [9.17, 15) is 17.6 Å². The highest BCUT2D eigenvalue weighted by molar-refractivity contribution is 5.68. The normalized spacial score (nSPS) is 11.4. The van der Waals surface area contributed by atoms with Crippen LogP contribution in [0.3, 0.4) is 0 Å². The number of aromatic nitrogens is 1. The number of halogens is 4. The van der Waals surface area contributed by atoms with Crippen molar-refractivity contribution in [3.05, 3.63) is 47.9 Å². The highest BCUT2D eigenvalue weighted by Crippen LogP contribution is 2.37. The van der Waals surface area contributed by atoms with Crippen LogP contribution in [0.15, 0.2) is 36.4 Å². The van der Waals surface area contributed by atoms with Gasteiger partial charge in [-0.1, -0.05) is 18.2 Å². The summed E-state index contributed by atoms with van der Waals surface area (Å²) in [4.78, 5) is 3.43. The van der Waals surface area contributed by atoms with E-state index in [1.807, 2.05) is 0 Å². The lowest BCUT2D eigenvalue weighted by molar-refractivity contribution is -0.137. The number of pyridine rings is 1. The van der Waals surface area contributed by atoms with Gasteiger partial charge in [0.25, 0.3) is 0 Å². The number of methoxy groups -OCH3 is 1. The average Bonchev–Trinajstić information content (AvgIpc) is 2.37. The molecule has 19 heavy (non-hydrogen) atoms. The van der Waals surface area contributed by atoms with Gasteiger partial charge in [0.15, 0.2) is 0 Å². The first-order chi connectivity index (χ1) is 8.93. The zero-order valence-corrected chi connectivity index (χ0v) is 9.83. The van der Waals surface area contributed by atoms with Crippen LogP contribution in [0.4, 0.5) is 17.6 Å². The molecule has 0 saturated carbocycles. The molecule has 1 aromatic heterocycles. The minimum atomic E-state index is -4.55. The van der Waals surface area contributed by atoms with Crippen LogP contribution in [0, 0.1) is 5.95 Å². The SMILES string of the molecule is COc1ccc(-c2ccccc2C(F)(F)F)c(F)n1.